The first-order valence-electron chi connectivity index (χ1n) is 6.27. The van der Waals surface area contributed by atoms with E-state index >= 15 is 0 Å². The number of rotatable bonds is 5. The van der Waals surface area contributed by atoms with Crippen LogP contribution in [0.25, 0.3) is 0 Å². The number of thioether (sulfide) groups is 1. The van der Waals surface area contributed by atoms with Crippen LogP contribution in [0.1, 0.15) is 24.0 Å². The third-order valence-corrected chi connectivity index (χ3v) is 4.67. The molecule has 0 saturated carbocycles. The number of carboxylic acids is 1. The Bertz CT molecular complexity index is 596. The van der Waals surface area contributed by atoms with E-state index in [-0.39, 0.29) is 0 Å². The zero-order valence-corrected chi connectivity index (χ0v) is 12.6. The molecule has 1 unspecified atom stereocenters. The highest BCUT2D eigenvalue weighted by atomic mass is 35.5. The fraction of sp³-hybridized carbons (Fsp3) is 0.188. The van der Waals surface area contributed by atoms with E-state index in [1.54, 1.807) is 18.7 Å². The largest absolute Gasteiger partial charge is 0.481 e. The van der Waals surface area contributed by atoms with Crippen molar-refractivity contribution in [2.45, 2.75) is 23.5 Å². The van der Waals surface area contributed by atoms with E-state index in [1.165, 1.54) is 0 Å². The average molecular weight is 307 g/mol. The van der Waals surface area contributed by atoms with Gasteiger partial charge in [0, 0.05) is 10.6 Å². The summed E-state index contributed by atoms with van der Waals surface area (Å²) in [5.74, 6) is -0.464. The number of aliphatic carboxylic acids is 1. The number of hydrogen-bond donors (Lipinski definition) is 1. The summed E-state index contributed by atoms with van der Waals surface area (Å²) in [7, 11) is 0. The minimum atomic E-state index is -0.803. The van der Waals surface area contributed by atoms with Gasteiger partial charge in [-0.2, -0.15) is 0 Å². The summed E-state index contributed by atoms with van der Waals surface area (Å²) in [5, 5.41) is 9.73. The molecule has 2 aromatic rings. The Hall–Kier alpha value is -1.45. The molecule has 0 aliphatic carbocycles. The van der Waals surface area contributed by atoms with Gasteiger partial charge in [-0.05, 0) is 30.2 Å². The Labute approximate surface area is 127 Å². The van der Waals surface area contributed by atoms with E-state index in [0.29, 0.717) is 0 Å². The zero-order chi connectivity index (χ0) is 14.5. The van der Waals surface area contributed by atoms with E-state index in [9.17, 15) is 4.79 Å². The Morgan fingerprint density at radius 3 is 2.45 bits per heavy atom. The fourth-order valence-electron chi connectivity index (χ4n) is 1.77. The summed E-state index contributed by atoms with van der Waals surface area (Å²) in [6, 6.07) is 15.4. The Kier molecular flexibility index (Phi) is 5.10. The van der Waals surface area contributed by atoms with Crippen LogP contribution in [0.4, 0.5) is 0 Å². The molecular formula is C16H15ClO2S. The lowest BCUT2D eigenvalue weighted by Crippen LogP contribution is -2.07. The van der Waals surface area contributed by atoms with Gasteiger partial charge in [-0.25, -0.2) is 0 Å². The average Bonchev–Trinajstić information content (AvgIpc) is 2.46. The number of hydrogen-bond acceptors (Lipinski definition) is 2. The summed E-state index contributed by atoms with van der Waals surface area (Å²) >= 11 is 7.78. The molecule has 4 heteroatoms. The van der Waals surface area contributed by atoms with Crippen LogP contribution in [-0.4, -0.2) is 11.1 Å². The van der Waals surface area contributed by atoms with Crippen LogP contribution in [0.2, 0.25) is 5.02 Å². The molecule has 0 aromatic heterocycles. The SMILES string of the molecule is CC(C(=O)O)c1ccc(CSc2ccccc2Cl)cc1. The predicted octanol–water partition coefficient (Wildman–Crippen LogP) is 4.82. The van der Waals surface area contributed by atoms with Gasteiger partial charge >= 0.3 is 5.97 Å². The lowest BCUT2D eigenvalue weighted by atomic mass is 10.0. The molecule has 1 N–H and O–H groups in total. The lowest BCUT2D eigenvalue weighted by Gasteiger charge is -2.08. The molecule has 0 aliphatic heterocycles. The number of carboxylic acid groups (broad SMARTS) is 1. The molecule has 0 spiro atoms. The molecule has 0 amide bonds. The molecule has 20 heavy (non-hydrogen) atoms. The molecular weight excluding hydrogens is 292 g/mol. The second-order valence-electron chi connectivity index (χ2n) is 4.52. The van der Waals surface area contributed by atoms with Crippen LogP contribution in [-0.2, 0) is 10.5 Å². The van der Waals surface area contributed by atoms with Crippen LogP contribution < -0.4 is 0 Å². The molecule has 0 fully saturated rings. The molecule has 0 aliphatic rings. The minimum Gasteiger partial charge on any atom is -0.481 e. The van der Waals surface area contributed by atoms with Gasteiger partial charge in [0.25, 0.3) is 0 Å². The lowest BCUT2D eigenvalue weighted by molar-refractivity contribution is -0.138. The topological polar surface area (TPSA) is 37.3 Å². The second kappa shape index (κ2) is 6.82. The van der Waals surface area contributed by atoms with Crippen molar-refractivity contribution in [3.05, 3.63) is 64.7 Å². The Balaban J connectivity index is 2.01. The van der Waals surface area contributed by atoms with E-state index < -0.39 is 11.9 Å². The van der Waals surface area contributed by atoms with Crippen molar-refractivity contribution in [1.29, 1.82) is 0 Å². The highest BCUT2D eigenvalue weighted by Gasteiger charge is 2.12. The number of benzene rings is 2. The maximum atomic E-state index is 10.9. The van der Waals surface area contributed by atoms with Crippen LogP contribution in [0.3, 0.4) is 0 Å². The molecule has 0 heterocycles. The van der Waals surface area contributed by atoms with Crippen molar-refractivity contribution in [3.63, 3.8) is 0 Å². The van der Waals surface area contributed by atoms with Gasteiger partial charge in [-0.15, -0.1) is 11.8 Å². The van der Waals surface area contributed by atoms with Gasteiger partial charge in [0.1, 0.15) is 0 Å². The van der Waals surface area contributed by atoms with Crippen LogP contribution in [0, 0.1) is 0 Å². The third-order valence-electron chi connectivity index (χ3n) is 3.08. The van der Waals surface area contributed by atoms with Crippen LogP contribution >= 0.6 is 23.4 Å². The first kappa shape index (κ1) is 14.9. The van der Waals surface area contributed by atoms with Crippen LogP contribution in [0.15, 0.2) is 53.4 Å². The van der Waals surface area contributed by atoms with Crippen molar-refractivity contribution < 1.29 is 9.90 Å². The molecule has 2 nitrogen and oxygen atoms in total. The number of halogens is 1. The second-order valence-corrected chi connectivity index (χ2v) is 5.94. The molecule has 2 aromatic carbocycles. The van der Waals surface area contributed by atoms with E-state index in [4.69, 9.17) is 16.7 Å². The molecule has 0 saturated heterocycles. The highest BCUT2D eigenvalue weighted by molar-refractivity contribution is 7.98. The standard InChI is InChI=1S/C16H15ClO2S/c1-11(16(18)19)13-8-6-12(7-9-13)10-20-15-5-3-2-4-14(15)17/h2-9,11H,10H2,1H3,(H,18,19). The summed E-state index contributed by atoms with van der Waals surface area (Å²) in [4.78, 5) is 12.0. The Morgan fingerprint density at radius 2 is 1.85 bits per heavy atom. The molecule has 2 rings (SSSR count). The fourth-order valence-corrected chi connectivity index (χ4v) is 2.96. The minimum absolute atomic E-state index is 0.472. The maximum absolute atomic E-state index is 10.9. The van der Waals surface area contributed by atoms with Gasteiger partial charge in [0.15, 0.2) is 0 Å². The summed E-state index contributed by atoms with van der Waals surface area (Å²) in [6.07, 6.45) is 0. The summed E-state index contributed by atoms with van der Waals surface area (Å²) in [5.41, 5.74) is 1.97. The van der Waals surface area contributed by atoms with E-state index in [2.05, 4.69) is 0 Å². The van der Waals surface area contributed by atoms with Crippen molar-refractivity contribution in [1.82, 2.24) is 0 Å². The molecule has 104 valence electrons. The molecule has 0 bridgehead atoms. The van der Waals surface area contributed by atoms with Crippen molar-refractivity contribution in [3.8, 4) is 0 Å². The highest BCUT2D eigenvalue weighted by Crippen LogP contribution is 2.29. The number of carbonyl (C=O) groups is 1. The van der Waals surface area contributed by atoms with Gasteiger partial charge in [-0.3, -0.25) is 4.79 Å². The monoisotopic (exact) mass is 306 g/mol. The van der Waals surface area contributed by atoms with Gasteiger partial charge < -0.3 is 5.11 Å². The quantitative estimate of drug-likeness (QED) is 0.805. The van der Waals surface area contributed by atoms with Crippen molar-refractivity contribution in [2.24, 2.45) is 0 Å². The first-order valence-corrected chi connectivity index (χ1v) is 7.63. The van der Waals surface area contributed by atoms with Gasteiger partial charge in [0.2, 0.25) is 0 Å². The van der Waals surface area contributed by atoms with E-state index in [0.717, 1.165) is 26.8 Å². The van der Waals surface area contributed by atoms with Crippen molar-refractivity contribution in [2.75, 3.05) is 0 Å². The predicted molar refractivity (Wildman–Crippen MR) is 83.5 cm³/mol. The molecule has 1 atom stereocenters. The first-order chi connectivity index (χ1) is 9.58. The van der Waals surface area contributed by atoms with E-state index in [1.807, 2.05) is 48.5 Å². The summed E-state index contributed by atoms with van der Waals surface area (Å²) < 4.78 is 0. The Morgan fingerprint density at radius 1 is 1.20 bits per heavy atom. The third kappa shape index (κ3) is 3.78. The van der Waals surface area contributed by atoms with Crippen molar-refractivity contribution >= 4 is 29.3 Å². The summed E-state index contributed by atoms with van der Waals surface area (Å²) in [6.45, 7) is 1.69. The molecule has 0 radical (unpaired) electrons. The van der Waals surface area contributed by atoms with Gasteiger partial charge in [-0.1, -0.05) is 48.0 Å². The van der Waals surface area contributed by atoms with Crippen LogP contribution in [0.5, 0.6) is 0 Å². The smallest absolute Gasteiger partial charge is 0.310 e. The normalized spacial score (nSPS) is 12.1. The van der Waals surface area contributed by atoms with Gasteiger partial charge in [0.05, 0.1) is 10.9 Å². The zero-order valence-electron chi connectivity index (χ0n) is 11.0. The maximum Gasteiger partial charge on any atom is 0.310 e.